The van der Waals surface area contributed by atoms with Crippen LogP contribution in [0.4, 0.5) is 11.4 Å². The molecule has 1 aliphatic rings. The quantitative estimate of drug-likeness (QED) is 0.497. The molecule has 0 saturated heterocycles. The molecule has 104 valence electrons. The third-order valence-corrected chi connectivity index (χ3v) is 4.14. The fourth-order valence-electron chi connectivity index (χ4n) is 2.69. The van der Waals surface area contributed by atoms with Gasteiger partial charge in [0.25, 0.3) is 5.69 Å². The van der Waals surface area contributed by atoms with Crippen molar-refractivity contribution in [2.45, 2.75) is 39.2 Å². The maximum Gasteiger partial charge on any atom is 0.296 e. The molecule has 3 unspecified atom stereocenters. The first kappa shape index (κ1) is 13.6. The van der Waals surface area contributed by atoms with Gasteiger partial charge in [-0.3, -0.25) is 10.1 Å². The summed E-state index contributed by atoms with van der Waals surface area (Å²) in [5, 5.41) is 23.6. The Morgan fingerprint density at radius 3 is 2.68 bits per heavy atom. The summed E-state index contributed by atoms with van der Waals surface area (Å²) in [5.41, 5.74) is 0.431. The monoisotopic (exact) mass is 264 g/mol. The number of benzene rings is 1. The molecule has 0 amide bonds. The van der Waals surface area contributed by atoms with E-state index in [1.54, 1.807) is 6.07 Å². The maximum atomic E-state index is 11.0. The van der Waals surface area contributed by atoms with Gasteiger partial charge in [0.2, 0.25) is 0 Å². The van der Waals surface area contributed by atoms with E-state index in [1.807, 2.05) is 0 Å². The lowest BCUT2D eigenvalue weighted by molar-refractivity contribution is -0.384. The molecule has 0 bridgehead atoms. The Bertz CT molecular complexity index is 476. The number of nitro groups is 1. The van der Waals surface area contributed by atoms with Crippen LogP contribution in [0.25, 0.3) is 0 Å². The van der Waals surface area contributed by atoms with Crippen LogP contribution in [0.2, 0.25) is 0 Å². The van der Waals surface area contributed by atoms with E-state index < -0.39 is 4.92 Å². The number of phenolic OH excluding ortho intramolecular Hbond substituents is 1. The molecule has 1 fully saturated rings. The van der Waals surface area contributed by atoms with Gasteiger partial charge in [0, 0.05) is 6.04 Å². The Kier molecular flexibility index (Phi) is 3.93. The second-order valence-electron chi connectivity index (χ2n) is 5.57. The van der Waals surface area contributed by atoms with Crippen molar-refractivity contribution < 1.29 is 10.0 Å². The van der Waals surface area contributed by atoms with Crippen LogP contribution in [-0.4, -0.2) is 16.1 Å². The van der Waals surface area contributed by atoms with Crippen LogP contribution in [0.15, 0.2) is 18.2 Å². The normalized spacial score (nSPS) is 26.9. The number of hydrogen-bond acceptors (Lipinski definition) is 4. The molecule has 0 heterocycles. The summed E-state index contributed by atoms with van der Waals surface area (Å²) in [6.45, 7) is 4.48. The average molecular weight is 264 g/mol. The number of rotatable bonds is 3. The molecule has 0 spiro atoms. The molecular weight excluding hydrogens is 244 g/mol. The Morgan fingerprint density at radius 2 is 2.05 bits per heavy atom. The van der Waals surface area contributed by atoms with E-state index in [-0.39, 0.29) is 17.5 Å². The largest absolute Gasteiger partial charge is 0.508 e. The van der Waals surface area contributed by atoms with Gasteiger partial charge >= 0.3 is 0 Å². The molecule has 19 heavy (non-hydrogen) atoms. The van der Waals surface area contributed by atoms with E-state index in [0.29, 0.717) is 17.5 Å². The SMILES string of the molecule is CC1CCC(Nc2ccc(O)cc2[N+](=O)[O-])CC1C. The van der Waals surface area contributed by atoms with Gasteiger partial charge in [0.1, 0.15) is 11.4 Å². The highest BCUT2D eigenvalue weighted by Gasteiger charge is 2.26. The van der Waals surface area contributed by atoms with Crippen LogP contribution < -0.4 is 5.32 Å². The average Bonchev–Trinajstić information content (AvgIpc) is 2.36. The highest BCUT2D eigenvalue weighted by molar-refractivity contribution is 5.64. The van der Waals surface area contributed by atoms with E-state index in [4.69, 9.17) is 0 Å². The van der Waals surface area contributed by atoms with Crippen molar-refractivity contribution >= 4 is 11.4 Å². The van der Waals surface area contributed by atoms with Crippen molar-refractivity contribution in [3.05, 3.63) is 28.3 Å². The van der Waals surface area contributed by atoms with E-state index in [0.717, 1.165) is 19.3 Å². The lowest BCUT2D eigenvalue weighted by atomic mass is 9.79. The summed E-state index contributed by atoms with van der Waals surface area (Å²) in [6.07, 6.45) is 3.20. The van der Waals surface area contributed by atoms with Gasteiger partial charge in [-0.2, -0.15) is 0 Å². The Morgan fingerprint density at radius 1 is 1.32 bits per heavy atom. The van der Waals surface area contributed by atoms with E-state index in [2.05, 4.69) is 19.2 Å². The van der Waals surface area contributed by atoms with Crippen LogP contribution in [0.3, 0.4) is 0 Å². The lowest BCUT2D eigenvalue weighted by Gasteiger charge is -2.32. The number of phenols is 1. The number of nitrogens with one attached hydrogen (secondary N) is 1. The summed E-state index contributed by atoms with van der Waals surface area (Å²) in [5.74, 6) is 1.26. The Balaban J connectivity index is 2.13. The topological polar surface area (TPSA) is 75.4 Å². The van der Waals surface area contributed by atoms with Gasteiger partial charge in [0.15, 0.2) is 0 Å². The zero-order valence-electron chi connectivity index (χ0n) is 11.3. The minimum atomic E-state index is -0.461. The van der Waals surface area contributed by atoms with E-state index in [9.17, 15) is 15.2 Å². The van der Waals surface area contributed by atoms with E-state index >= 15 is 0 Å². The lowest BCUT2D eigenvalue weighted by Crippen LogP contribution is -2.30. The summed E-state index contributed by atoms with van der Waals surface area (Å²) in [6, 6.07) is 4.52. The number of anilines is 1. The standard InChI is InChI=1S/C14H20N2O3/c1-9-3-4-11(7-10(9)2)15-13-6-5-12(17)8-14(13)16(18)19/h5-6,8-11,15,17H,3-4,7H2,1-2H3. The number of hydrogen-bond donors (Lipinski definition) is 2. The van der Waals surface area contributed by atoms with Gasteiger partial charge in [-0.25, -0.2) is 0 Å². The zero-order valence-corrected chi connectivity index (χ0v) is 11.3. The third kappa shape index (κ3) is 3.16. The van der Waals surface area contributed by atoms with Crippen LogP contribution in [-0.2, 0) is 0 Å². The summed E-state index contributed by atoms with van der Waals surface area (Å²) >= 11 is 0. The Labute approximate surface area is 112 Å². The van der Waals surface area contributed by atoms with Gasteiger partial charge in [-0.1, -0.05) is 13.8 Å². The van der Waals surface area contributed by atoms with E-state index in [1.165, 1.54) is 12.1 Å². The molecule has 1 aromatic rings. The van der Waals surface area contributed by atoms with Gasteiger partial charge in [-0.15, -0.1) is 0 Å². The first-order valence-electron chi connectivity index (χ1n) is 6.71. The van der Waals surface area contributed by atoms with Crippen molar-refractivity contribution in [2.75, 3.05) is 5.32 Å². The minimum Gasteiger partial charge on any atom is -0.508 e. The maximum absolute atomic E-state index is 11.0. The van der Waals surface area contributed by atoms with Crippen LogP contribution in [0.1, 0.15) is 33.1 Å². The second-order valence-corrected chi connectivity index (χ2v) is 5.57. The third-order valence-electron chi connectivity index (χ3n) is 4.14. The van der Waals surface area contributed by atoms with Crippen LogP contribution in [0, 0.1) is 22.0 Å². The highest BCUT2D eigenvalue weighted by atomic mass is 16.6. The molecule has 1 aliphatic carbocycles. The summed E-state index contributed by atoms with van der Waals surface area (Å²) < 4.78 is 0. The molecular formula is C14H20N2O3. The molecule has 2 N–H and O–H groups in total. The first-order valence-corrected chi connectivity index (χ1v) is 6.71. The molecule has 5 heteroatoms. The predicted molar refractivity (Wildman–Crippen MR) is 74.4 cm³/mol. The van der Waals surface area contributed by atoms with Gasteiger partial charge < -0.3 is 10.4 Å². The van der Waals surface area contributed by atoms with Crippen LogP contribution >= 0.6 is 0 Å². The van der Waals surface area contributed by atoms with Crippen molar-refractivity contribution in [3.63, 3.8) is 0 Å². The fraction of sp³-hybridized carbons (Fsp3) is 0.571. The van der Waals surface area contributed by atoms with Crippen molar-refractivity contribution in [3.8, 4) is 5.75 Å². The number of nitro benzene ring substituents is 1. The fourth-order valence-corrected chi connectivity index (χ4v) is 2.69. The summed E-state index contributed by atoms with van der Waals surface area (Å²) in [7, 11) is 0. The van der Waals surface area contributed by atoms with Gasteiger partial charge in [-0.05, 0) is 43.2 Å². The molecule has 0 aromatic heterocycles. The zero-order chi connectivity index (χ0) is 14.0. The second kappa shape index (κ2) is 5.47. The van der Waals surface area contributed by atoms with Gasteiger partial charge in [0.05, 0.1) is 11.0 Å². The van der Waals surface area contributed by atoms with Crippen molar-refractivity contribution in [1.82, 2.24) is 0 Å². The molecule has 1 saturated carbocycles. The smallest absolute Gasteiger partial charge is 0.296 e. The minimum absolute atomic E-state index is 0.0636. The molecule has 2 rings (SSSR count). The number of nitrogens with zero attached hydrogens (tertiary/aromatic N) is 1. The molecule has 5 nitrogen and oxygen atoms in total. The van der Waals surface area contributed by atoms with Crippen molar-refractivity contribution in [2.24, 2.45) is 11.8 Å². The summed E-state index contributed by atoms with van der Waals surface area (Å²) in [4.78, 5) is 10.5. The first-order chi connectivity index (χ1) is 8.97. The molecule has 0 aliphatic heterocycles. The predicted octanol–water partition coefficient (Wildman–Crippen LogP) is 3.54. The van der Waals surface area contributed by atoms with Crippen molar-refractivity contribution in [1.29, 1.82) is 0 Å². The Hall–Kier alpha value is -1.78. The molecule has 0 radical (unpaired) electrons. The highest BCUT2D eigenvalue weighted by Crippen LogP contribution is 2.34. The number of aromatic hydroxyl groups is 1. The molecule has 1 aromatic carbocycles. The van der Waals surface area contributed by atoms with Crippen LogP contribution in [0.5, 0.6) is 5.75 Å². The molecule has 3 atom stereocenters.